The molecule has 4 rings (SSSR count). The highest BCUT2D eigenvalue weighted by atomic mass is 79.9. The van der Waals surface area contributed by atoms with E-state index < -0.39 is 6.04 Å². The Kier molecular flexibility index (Phi) is 5.15. The molecule has 28 heavy (non-hydrogen) atoms. The number of hydrogen-bond donors (Lipinski definition) is 0. The van der Waals surface area contributed by atoms with Crippen molar-refractivity contribution < 1.29 is 4.79 Å². The van der Waals surface area contributed by atoms with E-state index in [1.165, 1.54) is 16.3 Å². The number of carbonyl (C=O) groups excluding carboxylic acids is 1. The van der Waals surface area contributed by atoms with Gasteiger partial charge in [0.15, 0.2) is 6.04 Å². The number of anilines is 1. The standard InChI is InChI=1S/C20H16BrN5OS/c1-12-4-3-5-16(10-12)23-24-18-13(2)25-26(19(18)27)20-22-17(11-28-20)14-6-8-15(21)9-7-14/h3-11,18H,1-2H3/t18-/m0/s1. The van der Waals surface area contributed by atoms with Crippen molar-refractivity contribution in [3.05, 3.63) is 63.9 Å². The molecule has 6 nitrogen and oxygen atoms in total. The Morgan fingerprint density at radius 3 is 2.68 bits per heavy atom. The molecule has 0 aliphatic carbocycles. The predicted octanol–water partition coefficient (Wildman–Crippen LogP) is 5.76. The van der Waals surface area contributed by atoms with Crippen molar-refractivity contribution >= 4 is 49.7 Å². The van der Waals surface area contributed by atoms with E-state index in [4.69, 9.17) is 0 Å². The van der Waals surface area contributed by atoms with E-state index in [2.05, 4.69) is 36.2 Å². The third-order valence-corrected chi connectivity index (χ3v) is 5.54. The molecule has 0 unspecified atom stereocenters. The van der Waals surface area contributed by atoms with Crippen molar-refractivity contribution in [1.82, 2.24) is 4.98 Å². The van der Waals surface area contributed by atoms with Crippen molar-refractivity contribution in [3.8, 4) is 11.3 Å². The largest absolute Gasteiger partial charge is 0.282 e. The molecule has 2 aromatic carbocycles. The monoisotopic (exact) mass is 453 g/mol. The van der Waals surface area contributed by atoms with Crippen LogP contribution in [-0.4, -0.2) is 22.6 Å². The van der Waals surface area contributed by atoms with Gasteiger partial charge in [0.25, 0.3) is 5.91 Å². The number of azo groups is 1. The molecule has 1 amide bonds. The third-order valence-electron chi connectivity index (χ3n) is 4.20. The number of aryl methyl sites for hydroxylation is 1. The predicted molar refractivity (Wildman–Crippen MR) is 115 cm³/mol. The first-order valence-electron chi connectivity index (χ1n) is 8.59. The number of halogens is 1. The molecule has 1 aromatic heterocycles. The van der Waals surface area contributed by atoms with Crippen LogP contribution in [0.2, 0.25) is 0 Å². The maximum atomic E-state index is 12.8. The Balaban J connectivity index is 1.54. The minimum atomic E-state index is -0.722. The number of hydrogen-bond acceptors (Lipinski definition) is 6. The number of amides is 1. The van der Waals surface area contributed by atoms with Crippen molar-refractivity contribution in [2.45, 2.75) is 19.9 Å². The zero-order valence-corrected chi connectivity index (χ0v) is 17.6. The number of hydrazone groups is 1. The second-order valence-electron chi connectivity index (χ2n) is 6.37. The van der Waals surface area contributed by atoms with Crippen LogP contribution in [0, 0.1) is 6.92 Å². The molecule has 1 aliphatic rings. The lowest BCUT2D eigenvalue weighted by atomic mass is 10.2. The van der Waals surface area contributed by atoms with Crippen LogP contribution in [0.5, 0.6) is 0 Å². The average molecular weight is 454 g/mol. The molecule has 0 N–H and O–H groups in total. The van der Waals surface area contributed by atoms with Crippen LogP contribution in [0.15, 0.2) is 73.7 Å². The molecule has 8 heteroatoms. The number of rotatable bonds is 4. The highest BCUT2D eigenvalue weighted by Gasteiger charge is 2.36. The van der Waals surface area contributed by atoms with Crippen molar-refractivity contribution in [2.24, 2.45) is 15.3 Å². The zero-order valence-electron chi connectivity index (χ0n) is 15.2. The summed E-state index contributed by atoms with van der Waals surface area (Å²) in [5, 5.41) is 16.6. The molecular weight excluding hydrogens is 438 g/mol. The zero-order chi connectivity index (χ0) is 19.7. The maximum absolute atomic E-state index is 12.8. The number of thiazole rings is 1. The summed E-state index contributed by atoms with van der Waals surface area (Å²) in [6, 6.07) is 14.8. The van der Waals surface area contributed by atoms with Crippen LogP contribution < -0.4 is 5.01 Å². The Morgan fingerprint density at radius 2 is 1.93 bits per heavy atom. The Morgan fingerprint density at radius 1 is 1.14 bits per heavy atom. The molecular formula is C20H16BrN5OS. The summed E-state index contributed by atoms with van der Waals surface area (Å²) in [5.74, 6) is -0.245. The van der Waals surface area contributed by atoms with Gasteiger partial charge >= 0.3 is 0 Å². The summed E-state index contributed by atoms with van der Waals surface area (Å²) in [4.78, 5) is 17.4. The van der Waals surface area contributed by atoms with Crippen LogP contribution in [0.3, 0.4) is 0 Å². The normalized spacial score (nSPS) is 16.8. The van der Waals surface area contributed by atoms with E-state index in [-0.39, 0.29) is 5.91 Å². The summed E-state index contributed by atoms with van der Waals surface area (Å²) in [5.41, 5.74) is 4.18. The van der Waals surface area contributed by atoms with E-state index in [0.717, 1.165) is 21.3 Å². The van der Waals surface area contributed by atoms with E-state index in [9.17, 15) is 4.79 Å². The molecule has 0 bridgehead atoms. The quantitative estimate of drug-likeness (QED) is 0.471. The Bertz CT molecular complexity index is 1090. The highest BCUT2D eigenvalue weighted by Crippen LogP contribution is 2.31. The molecule has 0 fully saturated rings. The second kappa shape index (κ2) is 7.73. The van der Waals surface area contributed by atoms with Crippen LogP contribution >= 0.6 is 27.3 Å². The topological polar surface area (TPSA) is 70.3 Å². The SMILES string of the molecule is CC1=NN(c2nc(-c3ccc(Br)cc3)cs2)C(=O)[C@H]1N=Nc1cccc(C)c1. The van der Waals surface area contributed by atoms with Gasteiger partial charge in [-0.2, -0.15) is 20.3 Å². The van der Waals surface area contributed by atoms with Gasteiger partial charge in [0.2, 0.25) is 5.13 Å². The summed E-state index contributed by atoms with van der Waals surface area (Å²) in [6.45, 7) is 3.76. The van der Waals surface area contributed by atoms with Crippen LogP contribution in [-0.2, 0) is 4.79 Å². The molecule has 0 radical (unpaired) electrons. The lowest BCUT2D eigenvalue weighted by molar-refractivity contribution is -0.117. The fraction of sp³-hybridized carbons (Fsp3) is 0.150. The van der Waals surface area contributed by atoms with Crippen molar-refractivity contribution in [3.63, 3.8) is 0 Å². The first kappa shape index (κ1) is 18.6. The van der Waals surface area contributed by atoms with Crippen LogP contribution in [0.4, 0.5) is 10.8 Å². The number of benzene rings is 2. The molecule has 1 atom stereocenters. The Labute approximate surface area is 174 Å². The molecule has 0 saturated carbocycles. The number of carbonyl (C=O) groups is 1. The molecule has 0 spiro atoms. The third kappa shape index (κ3) is 3.79. The van der Waals surface area contributed by atoms with Crippen molar-refractivity contribution in [2.75, 3.05) is 5.01 Å². The summed E-state index contributed by atoms with van der Waals surface area (Å²) in [7, 11) is 0. The first-order chi connectivity index (χ1) is 13.5. The first-order valence-corrected chi connectivity index (χ1v) is 10.3. The summed E-state index contributed by atoms with van der Waals surface area (Å²) >= 11 is 4.80. The Hall–Kier alpha value is -2.71. The van der Waals surface area contributed by atoms with Gasteiger partial charge in [0.1, 0.15) is 0 Å². The second-order valence-corrected chi connectivity index (χ2v) is 8.12. The van der Waals surface area contributed by atoms with Crippen LogP contribution in [0.1, 0.15) is 12.5 Å². The van der Waals surface area contributed by atoms with Gasteiger partial charge in [-0.25, -0.2) is 4.98 Å². The maximum Gasteiger partial charge on any atom is 0.282 e. The van der Waals surface area contributed by atoms with E-state index in [0.29, 0.717) is 16.5 Å². The van der Waals surface area contributed by atoms with Gasteiger partial charge in [-0.3, -0.25) is 4.79 Å². The van der Waals surface area contributed by atoms with E-state index in [1.54, 1.807) is 6.92 Å². The number of aromatic nitrogens is 1. The van der Waals surface area contributed by atoms with Crippen LogP contribution in [0.25, 0.3) is 11.3 Å². The molecule has 3 aromatic rings. The van der Waals surface area contributed by atoms with Gasteiger partial charge in [-0.1, -0.05) is 40.2 Å². The fourth-order valence-corrected chi connectivity index (χ4v) is 3.81. The smallest absolute Gasteiger partial charge is 0.269 e. The van der Waals surface area contributed by atoms with Crippen molar-refractivity contribution in [1.29, 1.82) is 0 Å². The minimum absolute atomic E-state index is 0.245. The molecule has 2 heterocycles. The minimum Gasteiger partial charge on any atom is -0.269 e. The fourth-order valence-electron chi connectivity index (χ4n) is 2.76. The molecule has 0 saturated heterocycles. The number of nitrogens with zero attached hydrogens (tertiary/aromatic N) is 5. The average Bonchev–Trinajstić information content (AvgIpc) is 3.26. The lowest BCUT2D eigenvalue weighted by Crippen LogP contribution is -2.29. The van der Waals surface area contributed by atoms with E-state index in [1.807, 2.05) is 60.8 Å². The molecule has 1 aliphatic heterocycles. The lowest BCUT2D eigenvalue weighted by Gasteiger charge is -2.08. The summed E-state index contributed by atoms with van der Waals surface area (Å²) < 4.78 is 1.00. The van der Waals surface area contributed by atoms with E-state index >= 15 is 0 Å². The van der Waals surface area contributed by atoms with Gasteiger partial charge in [-0.15, -0.1) is 11.3 Å². The van der Waals surface area contributed by atoms with Gasteiger partial charge in [-0.05, 0) is 43.7 Å². The summed E-state index contributed by atoms with van der Waals surface area (Å²) in [6.07, 6.45) is 0. The van der Waals surface area contributed by atoms with Gasteiger partial charge < -0.3 is 0 Å². The van der Waals surface area contributed by atoms with Gasteiger partial charge in [0, 0.05) is 15.4 Å². The highest BCUT2D eigenvalue weighted by molar-refractivity contribution is 9.10. The van der Waals surface area contributed by atoms with Gasteiger partial charge in [0.05, 0.1) is 17.1 Å². The molecule has 140 valence electrons.